The van der Waals surface area contributed by atoms with Crippen LogP contribution in [0.5, 0.6) is 0 Å². The maximum atomic E-state index is 6.07. The number of hydrogen-bond acceptors (Lipinski definition) is 2. The summed E-state index contributed by atoms with van der Waals surface area (Å²) in [4.78, 5) is 4.49. The van der Waals surface area contributed by atoms with Crippen LogP contribution < -0.4 is 5.73 Å². The van der Waals surface area contributed by atoms with Crippen LogP contribution in [0.4, 0.5) is 0 Å². The highest BCUT2D eigenvalue weighted by Gasteiger charge is 2.49. The number of nitrogens with two attached hydrogens (primary N) is 1. The Morgan fingerprint density at radius 1 is 1.17 bits per heavy atom. The van der Waals surface area contributed by atoms with Crippen LogP contribution >= 0.6 is 0 Å². The van der Waals surface area contributed by atoms with Crippen LogP contribution in [0.1, 0.15) is 56.9 Å². The molecule has 4 aliphatic rings. The number of nitrogens with zero attached hydrogens (tertiary/aromatic N) is 2. The number of rotatable bonds is 2. The molecular weight excluding hydrogens is 222 g/mol. The molecule has 3 heteroatoms. The van der Waals surface area contributed by atoms with Crippen LogP contribution in [0.15, 0.2) is 12.4 Å². The predicted octanol–water partition coefficient (Wildman–Crippen LogP) is 2.90. The summed E-state index contributed by atoms with van der Waals surface area (Å²) in [5.74, 6) is 4.95. The Hall–Kier alpha value is -0.830. The Bertz CT molecular complexity index is 420. The second kappa shape index (κ2) is 3.83. The van der Waals surface area contributed by atoms with Crippen molar-refractivity contribution in [2.24, 2.45) is 29.4 Å². The Morgan fingerprint density at radius 2 is 1.78 bits per heavy atom. The van der Waals surface area contributed by atoms with Gasteiger partial charge in [0.05, 0.1) is 6.04 Å². The number of imidazole rings is 1. The Morgan fingerprint density at radius 3 is 2.33 bits per heavy atom. The van der Waals surface area contributed by atoms with Crippen LogP contribution in [-0.2, 0) is 0 Å². The first-order valence-corrected chi connectivity index (χ1v) is 7.50. The molecule has 0 amide bonds. The van der Waals surface area contributed by atoms with E-state index in [-0.39, 0.29) is 6.04 Å². The molecule has 3 nitrogen and oxygen atoms in total. The molecule has 1 atom stereocenters. The van der Waals surface area contributed by atoms with Crippen LogP contribution in [0, 0.1) is 23.7 Å². The lowest BCUT2D eigenvalue weighted by Crippen LogP contribution is -2.46. The third-order valence-corrected chi connectivity index (χ3v) is 5.60. The third kappa shape index (κ3) is 1.49. The highest BCUT2D eigenvalue weighted by atomic mass is 15.1. The van der Waals surface area contributed by atoms with Gasteiger partial charge in [0.2, 0.25) is 0 Å². The van der Waals surface area contributed by atoms with E-state index in [1.165, 1.54) is 32.1 Å². The van der Waals surface area contributed by atoms with Crippen molar-refractivity contribution in [3.05, 3.63) is 18.2 Å². The normalized spacial score (nSPS) is 43.3. The molecule has 4 fully saturated rings. The minimum absolute atomic E-state index is 0.0530. The molecule has 4 saturated carbocycles. The first kappa shape index (κ1) is 11.0. The lowest BCUT2D eigenvalue weighted by Gasteiger charge is -2.55. The lowest BCUT2D eigenvalue weighted by molar-refractivity contribution is -0.0303. The second-order valence-electron chi connectivity index (χ2n) is 6.90. The van der Waals surface area contributed by atoms with Gasteiger partial charge in [-0.3, -0.25) is 0 Å². The molecule has 2 N–H and O–H groups in total. The predicted molar refractivity (Wildman–Crippen MR) is 70.9 cm³/mol. The molecule has 18 heavy (non-hydrogen) atoms. The van der Waals surface area contributed by atoms with Crippen LogP contribution in [0.2, 0.25) is 0 Å². The minimum atomic E-state index is 0.0530. The van der Waals surface area contributed by atoms with Gasteiger partial charge in [-0.15, -0.1) is 0 Å². The molecule has 0 aliphatic heterocycles. The van der Waals surface area contributed by atoms with Gasteiger partial charge >= 0.3 is 0 Å². The van der Waals surface area contributed by atoms with Gasteiger partial charge in [0.15, 0.2) is 0 Å². The minimum Gasteiger partial charge on any atom is -0.330 e. The lowest BCUT2D eigenvalue weighted by atomic mass is 9.54. The summed E-state index contributed by atoms with van der Waals surface area (Å²) in [6.07, 6.45) is 11.4. The zero-order valence-corrected chi connectivity index (χ0v) is 11.1. The molecule has 0 saturated heterocycles. The summed E-state index contributed by atoms with van der Waals surface area (Å²) in [5.41, 5.74) is 6.07. The average molecular weight is 245 g/mol. The Balaban J connectivity index is 1.70. The highest BCUT2D eigenvalue weighted by Crippen LogP contribution is 2.58. The van der Waals surface area contributed by atoms with E-state index in [1.807, 2.05) is 6.20 Å². The zero-order chi connectivity index (χ0) is 12.3. The Kier molecular flexibility index (Phi) is 2.35. The molecule has 1 heterocycles. The molecule has 1 unspecified atom stereocenters. The van der Waals surface area contributed by atoms with Gasteiger partial charge in [0.25, 0.3) is 0 Å². The molecule has 4 bridgehead atoms. The highest BCUT2D eigenvalue weighted by molar-refractivity contribution is 5.07. The molecule has 4 aliphatic carbocycles. The first-order chi connectivity index (χ1) is 8.72. The molecule has 1 aromatic rings. The van der Waals surface area contributed by atoms with E-state index < -0.39 is 0 Å². The van der Waals surface area contributed by atoms with Gasteiger partial charge in [0, 0.05) is 18.4 Å². The van der Waals surface area contributed by atoms with Gasteiger partial charge in [-0.2, -0.15) is 0 Å². The average Bonchev–Trinajstić information content (AvgIpc) is 2.76. The van der Waals surface area contributed by atoms with Gasteiger partial charge < -0.3 is 10.3 Å². The summed E-state index contributed by atoms with van der Waals surface area (Å²) in [7, 11) is 0. The van der Waals surface area contributed by atoms with Crippen molar-refractivity contribution in [3.8, 4) is 0 Å². The number of hydrogen-bond donors (Lipinski definition) is 1. The molecule has 5 rings (SSSR count). The van der Waals surface area contributed by atoms with Gasteiger partial charge in [-0.05, 0) is 62.7 Å². The van der Waals surface area contributed by atoms with Crippen molar-refractivity contribution in [1.82, 2.24) is 9.55 Å². The summed E-state index contributed by atoms with van der Waals surface area (Å²) in [6, 6.07) is 0.749. The van der Waals surface area contributed by atoms with E-state index in [2.05, 4.69) is 22.7 Å². The fourth-order valence-corrected chi connectivity index (χ4v) is 5.28. The number of aromatic nitrogens is 2. The van der Waals surface area contributed by atoms with Crippen molar-refractivity contribution in [1.29, 1.82) is 0 Å². The molecule has 98 valence electrons. The van der Waals surface area contributed by atoms with E-state index in [4.69, 9.17) is 5.73 Å². The topological polar surface area (TPSA) is 43.8 Å². The van der Waals surface area contributed by atoms with Gasteiger partial charge in [-0.1, -0.05) is 0 Å². The maximum absolute atomic E-state index is 6.07. The SMILES string of the molecule is CC(N)c1nccn1C1C2CC3CC(C2)CC1C3. The van der Waals surface area contributed by atoms with E-state index in [1.54, 1.807) is 0 Å². The summed E-state index contributed by atoms with van der Waals surface area (Å²) >= 11 is 0. The van der Waals surface area contributed by atoms with Crippen LogP contribution in [0.3, 0.4) is 0 Å². The van der Waals surface area contributed by atoms with E-state index >= 15 is 0 Å². The molecular formula is C15H23N3. The van der Waals surface area contributed by atoms with Crippen molar-refractivity contribution < 1.29 is 0 Å². The zero-order valence-electron chi connectivity index (χ0n) is 11.1. The summed E-state index contributed by atoms with van der Waals surface area (Å²) < 4.78 is 2.43. The molecule has 0 spiro atoms. The second-order valence-corrected chi connectivity index (χ2v) is 6.90. The van der Waals surface area contributed by atoms with Gasteiger partial charge in [-0.25, -0.2) is 4.98 Å². The van der Waals surface area contributed by atoms with E-state index in [9.17, 15) is 0 Å². The summed E-state index contributed by atoms with van der Waals surface area (Å²) in [6.45, 7) is 2.05. The summed E-state index contributed by atoms with van der Waals surface area (Å²) in [5, 5.41) is 0. The van der Waals surface area contributed by atoms with E-state index in [0.29, 0.717) is 6.04 Å². The molecule has 1 aromatic heterocycles. The van der Waals surface area contributed by atoms with Crippen molar-refractivity contribution in [2.75, 3.05) is 0 Å². The van der Waals surface area contributed by atoms with Crippen LogP contribution in [0.25, 0.3) is 0 Å². The molecule has 0 radical (unpaired) electrons. The standard InChI is InChI=1S/C15H23N3/c1-9(16)15-17-2-3-18(15)14-12-5-10-4-11(7-12)8-13(14)6-10/h2-3,9-14H,4-8,16H2,1H3. The monoisotopic (exact) mass is 245 g/mol. The third-order valence-electron chi connectivity index (χ3n) is 5.60. The maximum Gasteiger partial charge on any atom is 0.125 e. The van der Waals surface area contributed by atoms with Gasteiger partial charge in [0.1, 0.15) is 5.82 Å². The fraction of sp³-hybridized carbons (Fsp3) is 0.800. The van der Waals surface area contributed by atoms with Crippen molar-refractivity contribution in [2.45, 2.75) is 51.1 Å². The fourth-order valence-electron chi connectivity index (χ4n) is 5.28. The first-order valence-electron chi connectivity index (χ1n) is 7.50. The largest absolute Gasteiger partial charge is 0.330 e. The van der Waals surface area contributed by atoms with Crippen LogP contribution in [-0.4, -0.2) is 9.55 Å². The van der Waals surface area contributed by atoms with Crippen molar-refractivity contribution in [3.63, 3.8) is 0 Å². The Labute approximate surface area is 109 Å². The van der Waals surface area contributed by atoms with Crippen molar-refractivity contribution >= 4 is 0 Å². The van der Waals surface area contributed by atoms with E-state index in [0.717, 1.165) is 29.5 Å². The smallest absolute Gasteiger partial charge is 0.125 e. The molecule has 0 aromatic carbocycles. The quantitative estimate of drug-likeness (QED) is 0.870.